The Morgan fingerprint density at radius 3 is 1.73 bits per heavy atom. The van der Waals surface area contributed by atoms with Crippen LogP contribution in [0.4, 0.5) is 0 Å². The predicted octanol–water partition coefficient (Wildman–Crippen LogP) is -0.449. The molecule has 0 aromatic heterocycles. The van der Waals surface area contributed by atoms with Gasteiger partial charge in [-0.1, -0.05) is 0 Å². The molecular formula is C8H14Cl2NO4+. The lowest BCUT2D eigenvalue weighted by atomic mass is 10.1. The van der Waals surface area contributed by atoms with E-state index in [4.69, 9.17) is 32.7 Å². The van der Waals surface area contributed by atoms with Crippen LogP contribution in [-0.2, 0) is 19.1 Å². The van der Waals surface area contributed by atoms with Crippen LogP contribution in [0.3, 0.4) is 0 Å². The average Bonchev–Trinajstić information content (AvgIpc) is 2.22. The van der Waals surface area contributed by atoms with Gasteiger partial charge in [0.25, 0.3) is 0 Å². The van der Waals surface area contributed by atoms with Gasteiger partial charge in [-0.3, -0.25) is 9.59 Å². The molecule has 0 aliphatic heterocycles. The monoisotopic (exact) mass is 258 g/mol. The quantitative estimate of drug-likeness (QED) is 0.517. The summed E-state index contributed by atoms with van der Waals surface area (Å²) in [4.78, 5) is 21.5. The maximum atomic E-state index is 10.7. The molecule has 0 rings (SSSR count). The van der Waals surface area contributed by atoms with Crippen LogP contribution < -0.4 is 5.73 Å². The van der Waals surface area contributed by atoms with Crippen molar-refractivity contribution in [3.63, 3.8) is 0 Å². The molecule has 0 unspecified atom stereocenters. The molecule has 0 aromatic rings. The SMILES string of the molecule is CC([NH3+])(COC(=O)CCl)COC(=O)CCl. The molecule has 0 atom stereocenters. The number of quaternary nitrogens is 1. The van der Waals surface area contributed by atoms with Gasteiger partial charge in [-0.2, -0.15) is 0 Å². The lowest BCUT2D eigenvalue weighted by Gasteiger charge is -2.19. The lowest BCUT2D eigenvalue weighted by molar-refractivity contribution is -0.482. The maximum absolute atomic E-state index is 10.7. The van der Waals surface area contributed by atoms with Gasteiger partial charge < -0.3 is 15.2 Å². The van der Waals surface area contributed by atoms with E-state index in [1.54, 1.807) is 6.92 Å². The summed E-state index contributed by atoms with van der Waals surface area (Å²) in [5, 5.41) is 0. The molecule has 88 valence electrons. The van der Waals surface area contributed by atoms with Crippen LogP contribution in [0.5, 0.6) is 0 Å². The number of esters is 2. The molecule has 0 spiro atoms. The largest absolute Gasteiger partial charge is 0.458 e. The van der Waals surface area contributed by atoms with Gasteiger partial charge in [0.1, 0.15) is 25.0 Å². The van der Waals surface area contributed by atoms with Crippen LogP contribution in [0.1, 0.15) is 6.92 Å². The summed E-state index contributed by atoms with van der Waals surface area (Å²) in [6.45, 7) is 1.76. The van der Waals surface area contributed by atoms with Crippen molar-refractivity contribution in [2.45, 2.75) is 12.5 Å². The number of ether oxygens (including phenoxy) is 2. The molecular weight excluding hydrogens is 245 g/mol. The van der Waals surface area contributed by atoms with Gasteiger partial charge in [0, 0.05) is 0 Å². The summed E-state index contributed by atoms with van der Waals surface area (Å²) in [7, 11) is 0. The first-order chi connectivity index (χ1) is 6.91. The number of carbonyl (C=O) groups is 2. The lowest BCUT2D eigenvalue weighted by Crippen LogP contribution is -2.75. The van der Waals surface area contributed by atoms with Crippen LogP contribution in [-0.4, -0.2) is 42.5 Å². The van der Waals surface area contributed by atoms with Gasteiger partial charge in [-0.25, -0.2) is 0 Å². The Labute approximate surface area is 97.8 Å². The van der Waals surface area contributed by atoms with Crippen molar-refractivity contribution in [3.8, 4) is 0 Å². The molecule has 7 heteroatoms. The Morgan fingerprint density at radius 1 is 1.13 bits per heavy atom. The van der Waals surface area contributed by atoms with E-state index in [1.807, 2.05) is 0 Å². The van der Waals surface area contributed by atoms with Gasteiger partial charge >= 0.3 is 11.9 Å². The highest BCUT2D eigenvalue weighted by Gasteiger charge is 2.27. The van der Waals surface area contributed by atoms with Crippen molar-refractivity contribution in [1.29, 1.82) is 0 Å². The molecule has 5 nitrogen and oxygen atoms in total. The fourth-order valence-electron chi connectivity index (χ4n) is 0.628. The molecule has 0 fully saturated rings. The molecule has 0 saturated heterocycles. The fourth-order valence-corrected chi connectivity index (χ4v) is 0.783. The van der Waals surface area contributed by atoms with Crippen LogP contribution in [0, 0.1) is 0 Å². The third-order valence-electron chi connectivity index (χ3n) is 1.38. The van der Waals surface area contributed by atoms with E-state index in [1.165, 1.54) is 0 Å². The zero-order valence-corrected chi connectivity index (χ0v) is 9.94. The van der Waals surface area contributed by atoms with Gasteiger partial charge in [0.05, 0.1) is 0 Å². The molecule has 3 N–H and O–H groups in total. The van der Waals surface area contributed by atoms with E-state index in [-0.39, 0.29) is 25.0 Å². The van der Waals surface area contributed by atoms with Gasteiger partial charge in [-0.15, -0.1) is 23.2 Å². The Balaban J connectivity index is 3.86. The first-order valence-corrected chi connectivity index (χ1v) is 5.27. The van der Waals surface area contributed by atoms with E-state index < -0.39 is 17.5 Å². The number of hydrogen-bond donors (Lipinski definition) is 1. The molecule has 0 amide bonds. The Morgan fingerprint density at radius 2 is 1.47 bits per heavy atom. The Hall–Kier alpha value is -0.520. The first kappa shape index (κ1) is 14.5. The highest BCUT2D eigenvalue weighted by Crippen LogP contribution is 2.00. The third-order valence-corrected chi connectivity index (χ3v) is 1.82. The minimum Gasteiger partial charge on any atom is -0.458 e. The minimum atomic E-state index is -0.691. The van der Waals surface area contributed by atoms with E-state index in [0.29, 0.717) is 0 Å². The second kappa shape index (κ2) is 6.87. The molecule has 0 radical (unpaired) electrons. The highest BCUT2D eigenvalue weighted by atomic mass is 35.5. The van der Waals surface area contributed by atoms with Crippen molar-refractivity contribution < 1.29 is 24.8 Å². The van der Waals surface area contributed by atoms with Crippen LogP contribution in [0.2, 0.25) is 0 Å². The fraction of sp³-hybridized carbons (Fsp3) is 0.750. The van der Waals surface area contributed by atoms with Gasteiger partial charge in [-0.05, 0) is 6.92 Å². The average molecular weight is 259 g/mol. The first-order valence-electron chi connectivity index (χ1n) is 4.20. The molecule has 0 aliphatic rings. The Kier molecular flexibility index (Phi) is 6.63. The molecule has 0 aromatic carbocycles. The van der Waals surface area contributed by atoms with Gasteiger partial charge in [0.15, 0.2) is 5.54 Å². The summed E-state index contributed by atoms with van der Waals surface area (Å²) in [5.41, 5.74) is 3.05. The summed E-state index contributed by atoms with van der Waals surface area (Å²) < 4.78 is 9.53. The van der Waals surface area contributed by atoms with E-state index >= 15 is 0 Å². The van der Waals surface area contributed by atoms with Crippen LogP contribution >= 0.6 is 23.2 Å². The molecule has 0 bridgehead atoms. The summed E-state index contributed by atoms with van der Waals surface area (Å²) in [6, 6.07) is 0. The number of rotatable bonds is 6. The predicted molar refractivity (Wildman–Crippen MR) is 54.7 cm³/mol. The highest BCUT2D eigenvalue weighted by molar-refractivity contribution is 6.26. The van der Waals surface area contributed by atoms with E-state index in [0.717, 1.165) is 0 Å². The smallest absolute Gasteiger partial charge is 0.321 e. The van der Waals surface area contributed by atoms with E-state index in [9.17, 15) is 9.59 Å². The molecule has 0 aliphatic carbocycles. The van der Waals surface area contributed by atoms with Crippen molar-refractivity contribution in [3.05, 3.63) is 0 Å². The van der Waals surface area contributed by atoms with Crippen LogP contribution in [0.15, 0.2) is 0 Å². The summed E-state index contributed by atoms with van der Waals surface area (Å²) in [6.07, 6.45) is 0. The standard InChI is InChI=1S/C8H13Cl2NO4/c1-8(11,4-14-6(12)2-9)5-15-7(13)3-10/h2-5,11H2,1H3/p+1. The zero-order chi connectivity index (χ0) is 11.9. The van der Waals surface area contributed by atoms with Crippen molar-refractivity contribution in [2.24, 2.45) is 0 Å². The number of hydrogen-bond acceptors (Lipinski definition) is 4. The normalized spacial score (nSPS) is 10.9. The van der Waals surface area contributed by atoms with Crippen molar-refractivity contribution in [1.82, 2.24) is 0 Å². The number of carbonyl (C=O) groups excluding carboxylic acids is 2. The van der Waals surface area contributed by atoms with E-state index in [2.05, 4.69) is 5.73 Å². The molecule has 15 heavy (non-hydrogen) atoms. The Bertz CT molecular complexity index is 211. The van der Waals surface area contributed by atoms with Crippen molar-refractivity contribution in [2.75, 3.05) is 25.0 Å². The summed E-state index contributed by atoms with van der Waals surface area (Å²) >= 11 is 10.5. The molecule has 0 heterocycles. The summed E-state index contributed by atoms with van der Waals surface area (Å²) in [5.74, 6) is -1.49. The maximum Gasteiger partial charge on any atom is 0.321 e. The van der Waals surface area contributed by atoms with Crippen LogP contribution in [0.25, 0.3) is 0 Å². The van der Waals surface area contributed by atoms with Gasteiger partial charge in [0.2, 0.25) is 0 Å². The van der Waals surface area contributed by atoms with Crippen molar-refractivity contribution >= 4 is 35.1 Å². The molecule has 0 saturated carbocycles. The second-order valence-electron chi connectivity index (χ2n) is 3.40. The number of halogens is 2. The second-order valence-corrected chi connectivity index (χ2v) is 3.93. The number of alkyl halides is 2. The third kappa shape index (κ3) is 7.41. The topological polar surface area (TPSA) is 80.2 Å². The zero-order valence-electron chi connectivity index (χ0n) is 8.42. The minimum absolute atomic E-state index is 0.0358.